The second-order valence-corrected chi connectivity index (χ2v) is 7.76. The van der Waals surface area contributed by atoms with E-state index in [1.807, 2.05) is 4.90 Å². The second-order valence-electron chi connectivity index (χ2n) is 7.32. The Morgan fingerprint density at radius 3 is 2.48 bits per heavy atom. The summed E-state index contributed by atoms with van der Waals surface area (Å²) in [5, 5.41) is 8.91. The number of ether oxygens (including phenoxy) is 1. The molecule has 33 heavy (non-hydrogen) atoms. The standard InChI is InChI=1S/C21H18ClF4N5O2/c22-21(25,26)33-14-5-3-13(4-6-14)28-20(32)12-9-15(16-10-17(18(23)24)30-29-16)19(27-11-12)31-7-1-2-8-31/h3-6,9-11,18H,1-2,7-8H2,(H,28,32)(H,29,30). The molecule has 2 N–H and O–H groups in total. The molecule has 0 saturated carbocycles. The van der Waals surface area contributed by atoms with Crippen LogP contribution in [-0.4, -0.2) is 39.7 Å². The fourth-order valence-corrected chi connectivity index (χ4v) is 3.57. The summed E-state index contributed by atoms with van der Waals surface area (Å²) in [7, 11) is 0. The molecule has 0 radical (unpaired) electrons. The number of pyridine rings is 1. The van der Waals surface area contributed by atoms with Crippen molar-refractivity contribution in [2.45, 2.75) is 24.8 Å². The number of anilines is 2. The highest BCUT2D eigenvalue weighted by Gasteiger charge is 2.27. The van der Waals surface area contributed by atoms with Crippen LogP contribution < -0.4 is 15.0 Å². The number of hydrogen-bond acceptors (Lipinski definition) is 5. The van der Waals surface area contributed by atoms with Crippen LogP contribution in [0.15, 0.2) is 42.6 Å². The topological polar surface area (TPSA) is 83.1 Å². The second kappa shape index (κ2) is 9.26. The van der Waals surface area contributed by atoms with E-state index in [0.29, 0.717) is 17.1 Å². The Bertz CT molecular complexity index is 1130. The van der Waals surface area contributed by atoms with E-state index in [9.17, 15) is 22.4 Å². The lowest BCUT2D eigenvalue weighted by molar-refractivity contribution is -0.0964. The summed E-state index contributed by atoms with van der Waals surface area (Å²) >= 11 is 4.73. The van der Waals surface area contributed by atoms with Gasteiger partial charge in [0.15, 0.2) is 0 Å². The number of alkyl halides is 5. The Balaban J connectivity index is 1.59. The van der Waals surface area contributed by atoms with Gasteiger partial charge in [-0.3, -0.25) is 9.89 Å². The predicted octanol–water partition coefficient (Wildman–Crippen LogP) is 5.43. The lowest BCUT2D eigenvalue weighted by atomic mass is 10.1. The van der Waals surface area contributed by atoms with Gasteiger partial charge in [0.05, 0.1) is 11.3 Å². The molecule has 4 rings (SSSR count). The van der Waals surface area contributed by atoms with Gasteiger partial charge in [0.2, 0.25) is 0 Å². The van der Waals surface area contributed by atoms with Crippen LogP contribution in [0.1, 0.15) is 35.3 Å². The minimum atomic E-state index is -3.85. The Morgan fingerprint density at radius 2 is 1.88 bits per heavy atom. The largest absolute Gasteiger partial charge is 0.487 e. The van der Waals surface area contributed by atoms with Gasteiger partial charge in [-0.15, -0.1) is 8.78 Å². The van der Waals surface area contributed by atoms with Gasteiger partial charge in [-0.05, 0) is 49.2 Å². The Hall–Kier alpha value is -3.34. The zero-order chi connectivity index (χ0) is 23.6. The molecule has 0 atom stereocenters. The van der Waals surface area contributed by atoms with Crippen LogP contribution in [0, 0.1) is 0 Å². The first kappa shape index (κ1) is 22.8. The molecule has 2 aromatic heterocycles. The first-order valence-corrected chi connectivity index (χ1v) is 10.3. The molecule has 3 heterocycles. The molecule has 1 amide bonds. The van der Waals surface area contributed by atoms with Gasteiger partial charge in [-0.2, -0.15) is 5.10 Å². The fraction of sp³-hybridized carbons (Fsp3) is 0.286. The fourth-order valence-electron chi connectivity index (χ4n) is 3.48. The number of benzene rings is 1. The van der Waals surface area contributed by atoms with E-state index in [2.05, 4.69) is 25.2 Å². The summed E-state index contributed by atoms with van der Waals surface area (Å²) in [6, 6.07) is 7.95. The molecule has 1 aliphatic heterocycles. The normalized spacial score (nSPS) is 14.1. The van der Waals surface area contributed by atoms with Gasteiger partial charge in [0, 0.05) is 42.1 Å². The van der Waals surface area contributed by atoms with Gasteiger partial charge >= 0.3 is 5.57 Å². The SMILES string of the molecule is O=C(Nc1ccc(OC(F)(F)Cl)cc1)c1cnc(N2CCCC2)c(-c2cc(C(F)F)[nH]n2)c1. The van der Waals surface area contributed by atoms with Gasteiger partial charge in [0.1, 0.15) is 17.3 Å². The van der Waals surface area contributed by atoms with Crippen LogP contribution >= 0.6 is 11.6 Å². The van der Waals surface area contributed by atoms with Gasteiger partial charge in [-0.1, -0.05) is 0 Å². The van der Waals surface area contributed by atoms with Crippen molar-refractivity contribution in [2.24, 2.45) is 0 Å². The van der Waals surface area contributed by atoms with Crippen LogP contribution in [0.25, 0.3) is 11.3 Å². The van der Waals surface area contributed by atoms with E-state index in [1.165, 1.54) is 42.6 Å². The molecule has 3 aromatic rings. The van der Waals surface area contributed by atoms with Crippen LogP contribution in [0.2, 0.25) is 0 Å². The molecule has 0 bridgehead atoms. The number of nitrogens with zero attached hydrogens (tertiary/aromatic N) is 3. The van der Waals surface area contributed by atoms with Gasteiger partial charge in [-0.25, -0.2) is 13.8 Å². The number of carbonyl (C=O) groups excluding carboxylic acids is 1. The summed E-state index contributed by atoms with van der Waals surface area (Å²) in [6.45, 7) is 1.51. The third kappa shape index (κ3) is 5.54. The molecule has 1 aromatic carbocycles. The van der Waals surface area contributed by atoms with E-state index >= 15 is 0 Å². The van der Waals surface area contributed by atoms with E-state index in [0.717, 1.165) is 25.9 Å². The van der Waals surface area contributed by atoms with Crippen molar-refractivity contribution < 1.29 is 27.1 Å². The van der Waals surface area contributed by atoms with Crippen molar-refractivity contribution in [1.82, 2.24) is 15.2 Å². The first-order chi connectivity index (χ1) is 15.7. The summed E-state index contributed by atoms with van der Waals surface area (Å²) in [5.74, 6) is -0.155. The quantitative estimate of drug-likeness (QED) is 0.346. The maximum Gasteiger partial charge on any atom is 0.487 e. The Morgan fingerprint density at radius 1 is 1.18 bits per heavy atom. The molecular weight excluding hydrogens is 466 g/mol. The van der Waals surface area contributed by atoms with Gasteiger partial charge < -0.3 is 15.0 Å². The zero-order valence-electron chi connectivity index (χ0n) is 17.0. The molecule has 7 nitrogen and oxygen atoms in total. The minimum Gasteiger partial charge on any atom is -0.420 e. The van der Waals surface area contributed by atoms with Crippen molar-refractivity contribution in [3.05, 3.63) is 53.9 Å². The predicted molar refractivity (Wildman–Crippen MR) is 114 cm³/mol. The van der Waals surface area contributed by atoms with E-state index in [-0.39, 0.29) is 22.7 Å². The molecular formula is C21H18ClF4N5O2. The molecule has 174 valence electrons. The molecule has 0 unspecified atom stereocenters. The summed E-state index contributed by atoms with van der Waals surface area (Å²) in [5.41, 5.74) is -3.01. The lowest BCUT2D eigenvalue weighted by Gasteiger charge is -2.20. The molecule has 0 aliphatic carbocycles. The lowest BCUT2D eigenvalue weighted by Crippen LogP contribution is -2.21. The third-order valence-corrected chi connectivity index (χ3v) is 5.07. The average Bonchev–Trinajstić information content (AvgIpc) is 3.46. The summed E-state index contributed by atoms with van der Waals surface area (Å²) < 4.78 is 55.8. The maximum atomic E-state index is 13.0. The number of carbonyl (C=O) groups is 1. The number of nitrogens with one attached hydrogen (secondary N) is 2. The van der Waals surface area contributed by atoms with Crippen LogP contribution in [0.4, 0.5) is 29.1 Å². The molecule has 1 fully saturated rings. The van der Waals surface area contributed by atoms with Crippen molar-refractivity contribution in [1.29, 1.82) is 0 Å². The average molecular weight is 484 g/mol. The highest BCUT2D eigenvalue weighted by atomic mass is 35.5. The number of rotatable bonds is 7. The highest BCUT2D eigenvalue weighted by molar-refractivity contribution is 6.20. The van der Waals surface area contributed by atoms with Crippen LogP contribution in [-0.2, 0) is 0 Å². The van der Waals surface area contributed by atoms with Crippen molar-refractivity contribution in [3.8, 4) is 17.0 Å². The molecule has 1 saturated heterocycles. The number of aromatic amines is 1. The first-order valence-electron chi connectivity index (χ1n) is 9.95. The number of halogens is 5. The number of H-pyrrole nitrogens is 1. The third-order valence-electron chi connectivity index (χ3n) is 4.99. The molecule has 12 heteroatoms. The van der Waals surface area contributed by atoms with Crippen molar-refractivity contribution >= 4 is 29.0 Å². The monoisotopic (exact) mass is 483 g/mol. The van der Waals surface area contributed by atoms with E-state index in [4.69, 9.17) is 11.6 Å². The molecule has 1 aliphatic rings. The van der Waals surface area contributed by atoms with Crippen LogP contribution in [0.5, 0.6) is 5.75 Å². The zero-order valence-corrected chi connectivity index (χ0v) is 17.8. The number of aromatic nitrogens is 3. The Labute approximate surface area is 190 Å². The van der Waals surface area contributed by atoms with E-state index in [1.54, 1.807) is 0 Å². The minimum absolute atomic E-state index is 0.169. The summed E-state index contributed by atoms with van der Waals surface area (Å²) in [4.78, 5) is 19.2. The smallest absolute Gasteiger partial charge is 0.420 e. The van der Waals surface area contributed by atoms with E-state index < -0.39 is 17.9 Å². The van der Waals surface area contributed by atoms with Crippen molar-refractivity contribution in [2.75, 3.05) is 23.3 Å². The molecule has 0 spiro atoms. The van der Waals surface area contributed by atoms with Crippen molar-refractivity contribution in [3.63, 3.8) is 0 Å². The number of amides is 1. The van der Waals surface area contributed by atoms with Crippen LogP contribution in [0.3, 0.4) is 0 Å². The summed E-state index contributed by atoms with van der Waals surface area (Å²) in [6.07, 6.45) is 0.619. The number of hydrogen-bond donors (Lipinski definition) is 2. The highest BCUT2D eigenvalue weighted by Crippen LogP contribution is 2.33. The Kier molecular flexibility index (Phi) is 6.41. The van der Waals surface area contributed by atoms with Gasteiger partial charge in [0.25, 0.3) is 12.3 Å². The maximum absolute atomic E-state index is 13.0.